The van der Waals surface area contributed by atoms with Crippen molar-refractivity contribution in [3.05, 3.63) is 65.2 Å². The second kappa shape index (κ2) is 12.2. The van der Waals surface area contributed by atoms with E-state index in [9.17, 15) is 4.79 Å². The van der Waals surface area contributed by atoms with E-state index in [1.807, 2.05) is 49.4 Å². The zero-order valence-corrected chi connectivity index (χ0v) is 18.2. The number of hydrogen-bond donors (Lipinski definition) is 3. The maximum Gasteiger partial charge on any atom is 0.251 e. The van der Waals surface area contributed by atoms with E-state index < -0.39 is 0 Å². The number of nitrogens with zero attached hydrogens (tertiary/aromatic N) is 1. The molecule has 0 unspecified atom stereocenters. The summed E-state index contributed by atoms with van der Waals surface area (Å²) in [5, 5.41) is 9.17. The van der Waals surface area contributed by atoms with Crippen molar-refractivity contribution in [2.75, 3.05) is 20.7 Å². The van der Waals surface area contributed by atoms with E-state index >= 15 is 0 Å². The number of halogens is 1. The molecule has 0 heterocycles. The first-order valence-corrected chi connectivity index (χ1v) is 8.63. The minimum Gasteiger partial charge on any atom is -0.496 e. The summed E-state index contributed by atoms with van der Waals surface area (Å²) in [6, 6.07) is 15.3. The average molecular weight is 482 g/mol. The molecule has 0 aliphatic heterocycles. The Morgan fingerprint density at radius 2 is 1.89 bits per heavy atom. The van der Waals surface area contributed by atoms with Gasteiger partial charge in [-0.25, -0.2) is 4.99 Å². The number of nitrogens with one attached hydrogen (secondary N) is 3. The lowest BCUT2D eigenvalue weighted by Gasteiger charge is -2.13. The van der Waals surface area contributed by atoms with Crippen LogP contribution in [0.3, 0.4) is 0 Å². The van der Waals surface area contributed by atoms with E-state index in [1.165, 1.54) is 0 Å². The number of aliphatic imine (C=N–C) groups is 1. The van der Waals surface area contributed by atoms with Crippen LogP contribution in [0, 0.1) is 0 Å². The Morgan fingerprint density at radius 1 is 1.11 bits per heavy atom. The summed E-state index contributed by atoms with van der Waals surface area (Å²) in [7, 11) is 3.29. The summed E-state index contributed by atoms with van der Waals surface area (Å²) >= 11 is 0. The molecule has 7 heteroatoms. The van der Waals surface area contributed by atoms with Gasteiger partial charge in [0.25, 0.3) is 5.91 Å². The summed E-state index contributed by atoms with van der Waals surface area (Å²) in [6.45, 7) is 3.86. The predicted molar refractivity (Wildman–Crippen MR) is 120 cm³/mol. The van der Waals surface area contributed by atoms with Crippen molar-refractivity contribution in [2.45, 2.75) is 20.0 Å². The first-order chi connectivity index (χ1) is 12.7. The molecular weight excluding hydrogens is 455 g/mol. The lowest BCUT2D eigenvalue weighted by Crippen LogP contribution is -2.36. The Balaban J connectivity index is 0.00000364. The van der Waals surface area contributed by atoms with Crippen LogP contribution in [0.1, 0.15) is 28.4 Å². The predicted octanol–water partition coefficient (Wildman–Crippen LogP) is 2.93. The van der Waals surface area contributed by atoms with Crippen LogP contribution in [0.5, 0.6) is 5.75 Å². The third-order valence-corrected chi connectivity index (χ3v) is 3.82. The van der Waals surface area contributed by atoms with Crippen molar-refractivity contribution >= 4 is 35.8 Å². The Kier molecular flexibility index (Phi) is 10.2. The monoisotopic (exact) mass is 482 g/mol. The Bertz CT molecular complexity index is 765. The molecule has 0 atom stereocenters. The van der Waals surface area contributed by atoms with Gasteiger partial charge in [-0.15, -0.1) is 24.0 Å². The van der Waals surface area contributed by atoms with Gasteiger partial charge in [-0.3, -0.25) is 4.79 Å². The highest BCUT2D eigenvalue weighted by Gasteiger charge is 2.05. The number of benzene rings is 2. The molecule has 6 nitrogen and oxygen atoms in total. The quantitative estimate of drug-likeness (QED) is 0.323. The molecule has 2 aromatic rings. The van der Waals surface area contributed by atoms with E-state index in [1.54, 1.807) is 20.2 Å². The lowest BCUT2D eigenvalue weighted by atomic mass is 10.1. The number of hydrogen-bond acceptors (Lipinski definition) is 3. The second-order valence-corrected chi connectivity index (χ2v) is 5.64. The molecule has 146 valence electrons. The third kappa shape index (κ3) is 7.09. The van der Waals surface area contributed by atoms with Crippen molar-refractivity contribution in [1.29, 1.82) is 0 Å². The van der Waals surface area contributed by atoms with Crippen molar-refractivity contribution < 1.29 is 9.53 Å². The van der Waals surface area contributed by atoms with Gasteiger partial charge >= 0.3 is 0 Å². The molecular formula is C20H27IN4O2. The molecule has 2 aromatic carbocycles. The van der Waals surface area contributed by atoms with Gasteiger partial charge in [0.05, 0.1) is 13.7 Å². The van der Waals surface area contributed by atoms with Crippen LogP contribution >= 0.6 is 24.0 Å². The summed E-state index contributed by atoms with van der Waals surface area (Å²) in [4.78, 5) is 16.3. The van der Waals surface area contributed by atoms with Crippen LogP contribution in [0.15, 0.2) is 53.5 Å². The minimum absolute atomic E-state index is 0. The van der Waals surface area contributed by atoms with E-state index in [4.69, 9.17) is 4.74 Å². The second-order valence-electron chi connectivity index (χ2n) is 5.64. The summed E-state index contributed by atoms with van der Waals surface area (Å²) in [6.07, 6.45) is 0. The van der Waals surface area contributed by atoms with Crippen LogP contribution in [0.25, 0.3) is 0 Å². The van der Waals surface area contributed by atoms with Crippen molar-refractivity contribution in [3.8, 4) is 5.75 Å². The summed E-state index contributed by atoms with van der Waals surface area (Å²) < 4.78 is 5.37. The van der Waals surface area contributed by atoms with Gasteiger partial charge < -0.3 is 20.7 Å². The number of para-hydroxylation sites is 1. The highest BCUT2D eigenvalue weighted by molar-refractivity contribution is 14.0. The standard InChI is InChI=1S/C20H26N4O2.HI/c1-4-22-20(24-14-17-9-5-6-11-18(17)26-3)23-13-15-8-7-10-16(12-15)19(25)21-2;/h5-12H,4,13-14H2,1-3H3,(H,21,25)(H2,22,23,24);1H. The van der Waals surface area contributed by atoms with Crippen molar-refractivity contribution in [2.24, 2.45) is 4.99 Å². The number of carbonyl (C=O) groups is 1. The van der Waals surface area contributed by atoms with Crippen LogP contribution in [0.4, 0.5) is 0 Å². The largest absolute Gasteiger partial charge is 0.496 e. The van der Waals surface area contributed by atoms with E-state index in [-0.39, 0.29) is 29.9 Å². The zero-order chi connectivity index (χ0) is 18.8. The molecule has 0 saturated carbocycles. The average Bonchev–Trinajstić information content (AvgIpc) is 2.69. The normalized spacial score (nSPS) is 10.6. The van der Waals surface area contributed by atoms with Gasteiger partial charge in [0.1, 0.15) is 5.75 Å². The highest BCUT2D eigenvalue weighted by Crippen LogP contribution is 2.16. The summed E-state index contributed by atoms with van der Waals surface area (Å²) in [5.74, 6) is 1.45. The molecule has 0 aliphatic rings. The van der Waals surface area contributed by atoms with Gasteiger partial charge in [-0.05, 0) is 30.7 Å². The van der Waals surface area contributed by atoms with Crippen LogP contribution in [0.2, 0.25) is 0 Å². The molecule has 0 radical (unpaired) electrons. The Morgan fingerprint density at radius 3 is 2.59 bits per heavy atom. The van der Waals surface area contributed by atoms with Gasteiger partial charge in [-0.1, -0.05) is 30.3 Å². The van der Waals surface area contributed by atoms with Gasteiger partial charge in [0.2, 0.25) is 0 Å². The van der Waals surface area contributed by atoms with Gasteiger partial charge in [0, 0.05) is 31.3 Å². The number of methoxy groups -OCH3 is 1. The van der Waals surface area contributed by atoms with Gasteiger partial charge in [-0.2, -0.15) is 0 Å². The Labute approximate surface area is 177 Å². The first-order valence-electron chi connectivity index (χ1n) is 8.63. The molecule has 0 bridgehead atoms. The highest BCUT2D eigenvalue weighted by atomic mass is 127. The molecule has 0 aromatic heterocycles. The fourth-order valence-electron chi connectivity index (χ4n) is 2.50. The molecule has 0 aliphatic carbocycles. The topological polar surface area (TPSA) is 74.8 Å². The number of carbonyl (C=O) groups excluding carboxylic acids is 1. The van der Waals surface area contributed by atoms with E-state index in [2.05, 4.69) is 20.9 Å². The molecule has 0 spiro atoms. The molecule has 2 rings (SSSR count). The number of rotatable bonds is 7. The smallest absolute Gasteiger partial charge is 0.251 e. The number of amides is 1. The van der Waals surface area contributed by atoms with E-state index in [0.29, 0.717) is 24.6 Å². The van der Waals surface area contributed by atoms with Crippen molar-refractivity contribution in [1.82, 2.24) is 16.0 Å². The zero-order valence-electron chi connectivity index (χ0n) is 15.9. The van der Waals surface area contributed by atoms with Crippen LogP contribution in [-0.4, -0.2) is 32.6 Å². The van der Waals surface area contributed by atoms with Crippen LogP contribution in [-0.2, 0) is 13.1 Å². The first kappa shape index (κ1) is 22.8. The molecule has 1 amide bonds. The SMILES string of the molecule is CCNC(=NCc1cccc(C(=O)NC)c1)NCc1ccccc1OC.I. The van der Waals surface area contributed by atoms with Crippen molar-refractivity contribution in [3.63, 3.8) is 0 Å². The van der Waals surface area contributed by atoms with Gasteiger partial charge in [0.15, 0.2) is 5.96 Å². The lowest BCUT2D eigenvalue weighted by molar-refractivity contribution is 0.0963. The number of ether oxygens (including phenoxy) is 1. The molecule has 0 fully saturated rings. The molecule has 3 N–H and O–H groups in total. The van der Waals surface area contributed by atoms with E-state index in [0.717, 1.165) is 23.4 Å². The third-order valence-electron chi connectivity index (χ3n) is 3.82. The van der Waals surface area contributed by atoms with Crippen LogP contribution < -0.4 is 20.7 Å². The fourth-order valence-corrected chi connectivity index (χ4v) is 2.50. The maximum atomic E-state index is 11.7. The Hall–Kier alpha value is -2.29. The molecule has 0 saturated heterocycles. The maximum absolute atomic E-state index is 11.7. The fraction of sp³-hybridized carbons (Fsp3) is 0.300. The number of guanidine groups is 1. The minimum atomic E-state index is -0.1000. The summed E-state index contributed by atoms with van der Waals surface area (Å²) in [5.41, 5.74) is 2.66. The molecule has 27 heavy (non-hydrogen) atoms.